The summed E-state index contributed by atoms with van der Waals surface area (Å²) >= 11 is 4.10. The Labute approximate surface area is 60.5 Å². The highest BCUT2D eigenvalue weighted by Gasteiger charge is 2.09. The fourth-order valence-electron chi connectivity index (χ4n) is 0.316. The Bertz CT molecular complexity index is 220. The maximum atomic E-state index is 10.4. The highest BCUT2D eigenvalue weighted by molar-refractivity contribution is 7.47. The second-order valence-corrected chi connectivity index (χ2v) is 1.35. The van der Waals surface area contributed by atoms with Gasteiger partial charge in [-0.05, 0) is 0 Å². The average Bonchev–Trinajstić information content (AvgIpc) is 2.37. The van der Waals surface area contributed by atoms with Crippen LogP contribution in [0.2, 0.25) is 0 Å². The molecule has 0 unspecified atom stereocenters. The van der Waals surface area contributed by atoms with Crippen LogP contribution in [-0.4, -0.2) is 26.6 Å². The summed E-state index contributed by atoms with van der Waals surface area (Å²) in [7, 11) is 0. The quantitative estimate of drug-likeness (QED) is 0.436. The first-order valence-corrected chi connectivity index (χ1v) is 2.37. The summed E-state index contributed by atoms with van der Waals surface area (Å²) in [6.45, 7) is 0. The molecule has 1 amide bonds. The molecule has 54 valence electrons. The topological polar surface area (TPSA) is 104 Å². The second-order valence-electron chi connectivity index (χ2n) is 1.17. The number of amides is 1. The molecule has 1 heterocycles. The zero-order valence-electron chi connectivity index (χ0n) is 4.63. The van der Waals surface area contributed by atoms with Crippen molar-refractivity contribution in [2.24, 2.45) is 4.36 Å². The zero-order chi connectivity index (χ0) is 6.69. The van der Waals surface area contributed by atoms with Crippen LogP contribution in [-0.2, 0) is 12.4 Å². The molecule has 0 bridgehead atoms. The standard InChI is InChI=1S/C2HN5OS.H2O/c8-2(4-9)7-1-3-5-6-7;/h1H;1H2. The van der Waals surface area contributed by atoms with Gasteiger partial charge >= 0.3 is 6.03 Å². The van der Waals surface area contributed by atoms with Crippen molar-refractivity contribution >= 4 is 18.5 Å². The Morgan fingerprint density at radius 2 is 2.50 bits per heavy atom. The van der Waals surface area contributed by atoms with Crippen LogP contribution in [0.25, 0.3) is 0 Å². The van der Waals surface area contributed by atoms with Crippen molar-refractivity contribution in [3.05, 3.63) is 6.33 Å². The summed E-state index contributed by atoms with van der Waals surface area (Å²) in [6, 6.07) is -0.626. The number of hydrogen-bond donors (Lipinski definition) is 0. The highest BCUT2D eigenvalue weighted by Crippen LogP contribution is 1.77. The van der Waals surface area contributed by atoms with Crippen molar-refractivity contribution < 1.29 is 15.4 Å². The van der Waals surface area contributed by atoms with E-state index in [0.29, 0.717) is 0 Å². The third-order valence-corrected chi connectivity index (χ3v) is 0.809. The average molecular weight is 161 g/mol. The van der Waals surface area contributed by atoms with Gasteiger partial charge in [0.1, 0.15) is 5.21 Å². The van der Waals surface area contributed by atoms with Crippen LogP contribution in [0.15, 0.2) is 10.7 Å². The number of aromatic nitrogens is 4. The van der Waals surface area contributed by atoms with Crippen LogP contribution >= 0.6 is 0 Å². The van der Waals surface area contributed by atoms with E-state index in [1.54, 1.807) is 0 Å². The van der Waals surface area contributed by atoms with E-state index in [1.165, 1.54) is 6.33 Å². The maximum absolute atomic E-state index is 10.4. The zero-order valence-corrected chi connectivity index (χ0v) is 5.45. The number of nitrogens with one attached hydrogen (secondary N) is 1. The van der Waals surface area contributed by atoms with Gasteiger partial charge in [0.25, 0.3) is 6.33 Å². The maximum Gasteiger partial charge on any atom is 0.455 e. The predicted molar refractivity (Wildman–Crippen MR) is 29.1 cm³/mol. The van der Waals surface area contributed by atoms with Crippen LogP contribution in [0, 0.1) is 0 Å². The summed E-state index contributed by atoms with van der Waals surface area (Å²) < 4.78 is 3.81. The molecule has 0 aromatic carbocycles. The van der Waals surface area contributed by atoms with Crippen molar-refractivity contribution in [2.45, 2.75) is 0 Å². The summed E-state index contributed by atoms with van der Waals surface area (Å²) in [5.41, 5.74) is 0. The fourth-order valence-corrected chi connectivity index (χ4v) is 0.399. The van der Waals surface area contributed by atoms with Crippen LogP contribution in [0.4, 0.5) is 4.79 Å². The van der Waals surface area contributed by atoms with E-state index in [1.807, 2.05) is 0 Å². The molecule has 0 saturated heterocycles. The Morgan fingerprint density at radius 3 is 2.90 bits per heavy atom. The van der Waals surface area contributed by atoms with E-state index in [0.717, 1.165) is 4.68 Å². The molecule has 0 aliphatic heterocycles. The number of rotatable bonds is 0. The van der Waals surface area contributed by atoms with Gasteiger partial charge in [-0.25, -0.2) is 4.79 Å². The van der Waals surface area contributed by atoms with Gasteiger partial charge in [0, 0.05) is 17.1 Å². The number of carbonyl (C=O) groups is 1. The number of carbonyl (C=O) groups excluding carboxylic acids is 1. The lowest BCUT2D eigenvalue weighted by Crippen LogP contribution is -2.06. The molecule has 0 spiro atoms. The van der Waals surface area contributed by atoms with Crippen LogP contribution in [0.3, 0.4) is 0 Å². The summed E-state index contributed by atoms with van der Waals surface area (Å²) in [5.74, 6) is 0. The number of aromatic amines is 1. The normalized spacial score (nSPS) is 8.00. The Balaban J connectivity index is 0.000000810. The number of hydrogen-bond acceptors (Lipinski definition) is 5. The molecule has 10 heavy (non-hydrogen) atoms. The van der Waals surface area contributed by atoms with Gasteiger partial charge in [0.05, 0.1) is 0 Å². The molecule has 7 nitrogen and oxygen atoms in total. The summed E-state index contributed by atoms with van der Waals surface area (Å²) in [5, 5.41) is 8.86. The molecule has 0 aliphatic rings. The van der Waals surface area contributed by atoms with Crippen molar-refractivity contribution in [2.75, 3.05) is 0 Å². The predicted octanol–water partition coefficient (Wildman–Crippen LogP) is -1.39. The van der Waals surface area contributed by atoms with Gasteiger partial charge in [-0.1, -0.05) is 0 Å². The van der Waals surface area contributed by atoms with Crippen molar-refractivity contribution in [1.29, 1.82) is 0 Å². The molecule has 0 aliphatic carbocycles. The molecular weight excluding hydrogens is 158 g/mol. The molecule has 2 N–H and O–H groups in total. The van der Waals surface area contributed by atoms with Crippen molar-refractivity contribution in [3.63, 3.8) is 0 Å². The molecule has 1 rings (SSSR count). The molecule has 0 saturated carbocycles. The Morgan fingerprint density at radius 1 is 1.80 bits per heavy atom. The minimum atomic E-state index is -0.626. The Hall–Kier alpha value is -1.28. The van der Waals surface area contributed by atoms with Crippen LogP contribution < -0.4 is 5.10 Å². The highest BCUT2D eigenvalue weighted by atomic mass is 32.1. The van der Waals surface area contributed by atoms with E-state index in [4.69, 9.17) is 0 Å². The van der Waals surface area contributed by atoms with Gasteiger partial charge in [-0.2, -0.15) is 5.10 Å². The second kappa shape index (κ2) is 3.69. The van der Waals surface area contributed by atoms with Gasteiger partial charge in [-0.15, -0.1) is 4.36 Å². The SMILES string of the molecule is O=C(N=S)n1c[nH+]nn1.[OH-]. The minimum Gasteiger partial charge on any atom is -0.870 e. The summed E-state index contributed by atoms with van der Waals surface area (Å²) in [4.78, 5) is 10.4. The van der Waals surface area contributed by atoms with E-state index in [9.17, 15) is 4.79 Å². The molecule has 0 fully saturated rings. The third kappa shape index (κ3) is 1.60. The van der Waals surface area contributed by atoms with Gasteiger partial charge in [0.15, 0.2) is 5.21 Å². The molecule has 8 heteroatoms. The molecular formula is C2H3N5O2S. The molecule has 0 radical (unpaired) electrons. The van der Waals surface area contributed by atoms with Crippen molar-refractivity contribution in [1.82, 2.24) is 15.1 Å². The molecule has 0 atom stereocenters. The summed E-state index contributed by atoms with van der Waals surface area (Å²) in [6.07, 6.45) is 1.25. The van der Waals surface area contributed by atoms with Gasteiger partial charge in [-0.3, -0.25) is 0 Å². The van der Waals surface area contributed by atoms with Crippen LogP contribution in [0.5, 0.6) is 0 Å². The van der Waals surface area contributed by atoms with Gasteiger partial charge < -0.3 is 5.48 Å². The van der Waals surface area contributed by atoms with E-state index >= 15 is 0 Å². The lowest BCUT2D eigenvalue weighted by Gasteiger charge is -1.72. The minimum absolute atomic E-state index is 0. The number of nitrogens with zero attached hydrogens (tertiary/aromatic N) is 4. The van der Waals surface area contributed by atoms with E-state index in [2.05, 4.69) is 32.3 Å². The molecule has 1 aromatic rings. The van der Waals surface area contributed by atoms with Crippen molar-refractivity contribution in [3.8, 4) is 0 Å². The lowest BCUT2D eigenvalue weighted by atomic mass is 11.0. The van der Waals surface area contributed by atoms with Crippen LogP contribution in [0.1, 0.15) is 0 Å². The fraction of sp³-hybridized carbons (Fsp3) is 0. The first-order valence-electron chi connectivity index (χ1n) is 2.00. The molecule has 1 aromatic heterocycles. The largest absolute Gasteiger partial charge is 0.870 e. The number of H-pyrrole nitrogens is 1. The monoisotopic (exact) mass is 161 g/mol. The first-order chi connectivity index (χ1) is 4.34. The van der Waals surface area contributed by atoms with E-state index < -0.39 is 6.03 Å². The Kier molecular flexibility index (Phi) is 3.22. The van der Waals surface area contributed by atoms with Gasteiger partial charge in [0.2, 0.25) is 0 Å². The lowest BCUT2D eigenvalue weighted by molar-refractivity contribution is -0.456. The smallest absolute Gasteiger partial charge is 0.455 e. The van der Waals surface area contributed by atoms with E-state index in [-0.39, 0.29) is 5.48 Å². The number of tetrazole rings is 1. The third-order valence-electron chi connectivity index (χ3n) is 0.653. The first kappa shape index (κ1) is 8.72.